The zero-order valence-corrected chi connectivity index (χ0v) is 17.5. The van der Waals surface area contributed by atoms with E-state index < -0.39 is 31.4 Å². The van der Waals surface area contributed by atoms with Crippen LogP contribution in [0.2, 0.25) is 0 Å². The Morgan fingerprint density at radius 3 is 2.47 bits per heavy atom. The Balaban J connectivity index is 1.57. The van der Waals surface area contributed by atoms with Crippen molar-refractivity contribution in [1.82, 2.24) is 10.2 Å². The molecule has 2 N–H and O–H groups in total. The Morgan fingerprint density at radius 1 is 1.17 bits per heavy atom. The van der Waals surface area contributed by atoms with E-state index in [2.05, 4.69) is 5.32 Å². The first kappa shape index (κ1) is 21.9. The molecule has 0 saturated carbocycles. The molecule has 2 aromatic carbocycles. The van der Waals surface area contributed by atoms with Crippen LogP contribution in [0.5, 0.6) is 5.75 Å². The molecule has 8 nitrogen and oxygen atoms in total. The third-order valence-corrected chi connectivity index (χ3v) is 6.54. The van der Waals surface area contributed by atoms with Gasteiger partial charge in [-0.25, -0.2) is 9.36 Å². The lowest BCUT2D eigenvalue weighted by Crippen LogP contribution is -2.48. The lowest BCUT2D eigenvalue weighted by molar-refractivity contribution is -0.132. The molecule has 160 valence electrons. The van der Waals surface area contributed by atoms with Gasteiger partial charge in [0.25, 0.3) is 0 Å². The fourth-order valence-corrected chi connectivity index (χ4v) is 4.93. The number of nitrogens with one attached hydrogen (secondary N) is 1. The Morgan fingerprint density at radius 2 is 1.80 bits per heavy atom. The highest BCUT2D eigenvalue weighted by atomic mass is 31.2. The number of rotatable bonds is 7. The molecule has 3 atom stereocenters. The predicted octanol–water partition coefficient (Wildman–Crippen LogP) is 3.51. The fourth-order valence-electron chi connectivity index (χ4n) is 3.29. The first-order chi connectivity index (χ1) is 14.4. The molecule has 2 aromatic rings. The molecular formula is C21H25N2O6P. The van der Waals surface area contributed by atoms with E-state index in [1.54, 1.807) is 30.3 Å². The van der Waals surface area contributed by atoms with Crippen LogP contribution in [0, 0.1) is 0 Å². The van der Waals surface area contributed by atoms with Crippen molar-refractivity contribution >= 4 is 19.6 Å². The summed E-state index contributed by atoms with van der Waals surface area (Å²) in [6, 6.07) is 16.6. The summed E-state index contributed by atoms with van der Waals surface area (Å²) in [6.45, 7) is 1.91. The Hall–Kier alpha value is -2.83. The monoisotopic (exact) mass is 432 g/mol. The number of likely N-dealkylation sites (tertiary alicyclic amines) is 1. The molecule has 0 bridgehead atoms. The van der Waals surface area contributed by atoms with Crippen LogP contribution in [-0.2, 0) is 20.7 Å². The maximum Gasteiger partial charge on any atom is 0.408 e. The molecule has 3 unspecified atom stereocenters. The maximum atomic E-state index is 12.8. The summed E-state index contributed by atoms with van der Waals surface area (Å²) in [5.41, 5.74) is 0.825. The summed E-state index contributed by atoms with van der Waals surface area (Å²) in [5, 5.41) is 2.48. The number of ether oxygens (including phenoxy) is 1. The highest BCUT2D eigenvalue weighted by molar-refractivity contribution is 7.54. The number of para-hydroxylation sites is 1. The number of amides is 2. The van der Waals surface area contributed by atoms with Crippen molar-refractivity contribution in [3.05, 3.63) is 66.2 Å². The van der Waals surface area contributed by atoms with Crippen molar-refractivity contribution in [2.24, 2.45) is 0 Å². The fraction of sp³-hybridized carbons (Fsp3) is 0.333. The largest absolute Gasteiger partial charge is 0.445 e. The van der Waals surface area contributed by atoms with Gasteiger partial charge in [-0.3, -0.25) is 4.79 Å². The van der Waals surface area contributed by atoms with Crippen molar-refractivity contribution < 1.29 is 28.3 Å². The number of hydrogen-bond acceptors (Lipinski definition) is 5. The van der Waals surface area contributed by atoms with Gasteiger partial charge in [0.15, 0.2) is 0 Å². The molecule has 1 aliphatic rings. The second-order valence-electron chi connectivity index (χ2n) is 7.05. The Bertz CT molecular complexity index is 908. The van der Waals surface area contributed by atoms with Crippen molar-refractivity contribution in [3.63, 3.8) is 0 Å². The molecule has 30 heavy (non-hydrogen) atoms. The van der Waals surface area contributed by atoms with Gasteiger partial charge in [0.05, 0.1) is 0 Å². The standard InChI is InChI=1S/C21H25N2O6P/c1-16(22-21(25)28-15-17-9-4-2-5-10-17)20(24)23-14-8-13-19(23)30(26,27)29-18-11-6-3-7-12-18/h2-7,9-12,16,19H,8,13-15H2,1H3,(H,22,25)(H,26,27). The van der Waals surface area contributed by atoms with Crippen molar-refractivity contribution in [3.8, 4) is 5.75 Å². The molecule has 0 aliphatic carbocycles. The second kappa shape index (κ2) is 9.78. The van der Waals surface area contributed by atoms with Crippen molar-refractivity contribution in [2.45, 2.75) is 38.2 Å². The van der Waals surface area contributed by atoms with Gasteiger partial charge in [0, 0.05) is 6.54 Å². The van der Waals surface area contributed by atoms with Crippen LogP contribution in [0.4, 0.5) is 4.79 Å². The molecule has 1 heterocycles. The van der Waals surface area contributed by atoms with E-state index in [-0.39, 0.29) is 12.4 Å². The number of carbonyl (C=O) groups is 2. The lowest BCUT2D eigenvalue weighted by Gasteiger charge is -2.30. The average molecular weight is 432 g/mol. The zero-order valence-electron chi connectivity index (χ0n) is 16.6. The number of hydrogen-bond donors (Lipinski definition) is 2. The molecule has 1 fully saturated rings. The van der Waals surface area contributed by atoms with E-state index in [0.29, 0.717) is 19.4 Å². The summed E-state index contributed by atoms with van der Waals surface area (Å²) in [5.74, 6) is -1.16. The highest BCUT2D eigenvalue weighted by Gasteiger charge is 2.45. The number of alkyl carbamates (subject to hydrolysis) is 1. The van der Waals surface area contributed by atoms with E-state index in [1.807, 2.05) is 30.3 Å². The summed E-state index contributed by atoms with van der Waals surface area (Å²) < 4.78 is 23.3. The summed E-state index contributed by atoms with van der Waals surface area (Å²) in [4.78, 5) is 36.7. The molecule has 1 aliphatic heterocycles. The average Bonchev–Trinajstić information content (AvgIpc) is 3.24. The quantitative estimate of drug-likeness (QED) is 0.649. The first-order valence-corrected chi connectivity index (χ1v) is 11.4. The van der Waals surface area contributed by atoms with Gasteiger partial charge >= 0.3 is 13.7 Å². The smallest absolute Gasteiger partial charge is 0.408 e. The van der Waals surface area contributed by atoms with E-state index >= 15 is 0 Å². The summed E-state index contributed by atoms with van der Waals surface area (Å²) in [7, 11) is -4.14. The number of benzene rings is 2. The maximum absolute atomic E-state index is 12.8. The van der Waals surface area contributed by atoms with E-state index in [1.165, 1.54) is 11.8 Å². The predicted molar refractivity (Wildman–Crippen MR) is 111 cm³/mol. The van der Waals surface area contributed by atoms with Crippen LogP contribution < -0.4 is 9.84 Å². The van der Waals surface area contributed by atoms with Crippen LogP contribution in [0.1, 0.15) is 25.3 Å². The van der Waals surface area contributed by atoms with Crippen LogP contribution in [0.15, 0.2) is 60.7 Å². The lowest BCUT2D eigenvalue weighted by atomic mass is 10.2. The van der Waals surface area contributed by atoms with Crippen LogP contribution in [0.25, 0.3) is 0 Å². The van der Waals surface area contributed by atoms with Gasteiger partial charge in [-0.2, -0.15) is 0 Å². The zero-order chi connectivity index (χ0) is 21.6. The minimum atomic E-state index is -4.14. The third-order valence-electron chi connectivity index (χ3n) is 4.78. The van der Waals surface area contributed by atoms with Gasteiger partial charge in [-0.05, 0) is 37.5 Å². The Kier molecular flexibility index (Phi) is 7.13. The van der Waals surface area contributed by atoms with Gasteiger partial charge in [-0.15, -0.1) is 0 Å². The SMILES string of the molecule is CC(NC(=O)OCc1ccccc1)C(=O)N1CCCC1P(=O)(O)Oc1ccccc1. The minimum Gasteiger partial charge on any atom is -0.445 e. The van der Waals surface area contributed by atoms with Gasteiger partial charge in [0.2, 0.25) is 5.91 Å². The van der Waals surface area contributed by atoms with E-state index in [9.17, 15) is 19.0 Å². The molecule has 0 aromatic heterocycles. The first-order valence-electron chi connectivity index (χ1n) is 9.71. The van der Waals surface area contributed by atoms with Crippen molar-refractivity contribution in [2.75, 3.05) is 6.54 Å². The normalized spacial score (nSPS) is 18.9. The molecular weight excluding hydrogens is 407 g/mol. The molecule has 2 amide bonds. The van der Waals surface area contributed by atoms with Crippen LogP contribution in [0.3, 0.4) is 0 Å². The molecule has 0 spiro atoms. The highest BCUT2D eigenvalue weighted by Crippen LogP contribution is 2.52. The molecule has 0 radical (unpaired) electrons. The molecule has 9 heteroatoms. The Labute approximate surface area is 175 Å². The van der Waals surface area contributed by atoms with Gasteiger partial charge < -0.3 is 24.4 Å². The van der Waals surface area contributed by atoms with E-state index in [4.69, 9.17) is 9.26 Å². The summed E-state index contributed by atoms with van der Waals surface area (Å²) >= 11 is 0. The van der Waals surface area contributed by atoms with Crippen molar-refractivity contribution in [1.29, 1.82) is 0 Å². The topological polar surface area (TPSA) is 105 Å². The second-order valence-corrected chi connectivity index (χ2v) is 8.96. The third kappa shape index (κ3) is 5.62. The van der Waals surface area contributed by atoms with Crippen LogP contribution in [-0.4, -0.2) is 40.2 Å². The van der Waals surface area contributed by atoms with Crippen LogP contribution >= 0.6 is 7.60 Å². The molecule has 3 rings (SSSR count). The summed E-state index contributed by atoms with van der Waals surface area (Å²) in [6.07, 6.45) is 0.185. The van der Waals surface area contributed by atoms with E-state index in [0.717, 1.165) is 5.56 Å². The van der Waals surface area contributed by atoms with Gasteiger partial charge in [-0.1, -0.05) is 48.5 Å². The number of carbonyl (C=O) groups excluding carboxylic acids is 2. The molecule has 1 saturated heterocycles. The number of nitrogens with zero attached hydrogens (tertiary/aromatic N) is 1. The van der Waals surface area contributed by atoms with Gasteiger partial charge in [0.1, 0.15) is 24.2 Å². The minimum absolute atomic E-state index is 0.0800.